The van der Waals surface area contributed by atoms with Crippen LogP contribution in [0.25, 0.3) is 22.6 Å². The highest BCUT2D eigenvalue weighted by Gasteiger charge is 2.21. The van der Waals surface area contributed by atoms with Gasteiger partial charge in [0.1, 0.15) is 17.7 Å². The molecule has 0 spiro atoms. The number of fused-ring (bicyclic) bond motifs is 1. The Morgan fingerprint density at radius 3 is 2.53 bits per heavy atom. The molecule has 162 valence electrons. The number of benzene rings is 2. The molecule has 2 aromatic carbocycles. The van der Waals surface area contributed by atoms with E-state index in [2.05, 4.69) is 60.5 Å². The highest BCUT2D eigenvalue weighted by molar-refractivity contribution is 5.93. The van der Waals surface area contributed by atoms with E-state index in [1.807, 2.05) is 12.1 Å². The van der Waals surface area contributed by atoms with Crippen molar-refractivity contribution in [2.24, 2.45) is 5.73 Å². The standard InChI is InChI=1S/C24H25N7O/c25-21(32)17-6-8-18(9-7-17)22-29-20-23(26-15-27-24(20)30-22)28-19-10-12-31(13-11-19)14-16-4-2-1-3-5-16/h1-9,15,19H,10-14H2,(H2,25,32)(H2,26,27,28,29,30). The molecule has 0 radical (unpaired) electrons. The van der Waals surface area contributed by atoms with E-state index >= 15 is 0 Å². The fraction of sp³-hybridized carbons (Fsp3) is 0.250. The zero-order chi connectivity index (χ0) is 21.9. The molecule has 0 saturated carbocycles. The second-order valence-corrected chi connectivity index (χ2v) is 8.13. The van der Waals surface area contributed by atoms with Crippen molar-refractivity contribution in [3.63, 3.8) is 0 Å². The van der Waals surface area contributed by atoms with Crippen molar-refractivity contribution in [2.75, 3.05) is 18.4 Å². The Kier molecular flexibility index (Phi) is 5.51. The number of aromatic amines is 1. The average molecular weight is 428 g/mol. The van der Waals surface area contributed by atoms with Crippen LogP contribution in [0, 0.1) is 0 Å². The van der Waals surface area contributed by atoms with E-state index in [4.69, 9.17) is 5.73 Å². The summed E-state index contributed by atoms with van der Waals surface area (Å²) in [5.74, 6) is 0.995. The first-order valence-electron chi connectivity index (χ1n) is 10.8. The Morgan fingerprint density at radius 1 is 1.06 bits per heavy atom. The van der Waals surface area contributed by atoms with Gasteiger partial charge in [0.15, 0.2) is 11.5 Å². The Labute approximate surface area is 185 Å². The van der Waals surface area contributed by atoms with Gasteiger partial charge in [0.05, 0.1) is 0 Å². The van der Waals surface area contributed by atoms with Crippen molar-refractivity contribution >= 4 is 22.9 Å². The number of nitrogens with two attached hydrogens (primary N) is 1. The molecule has 0 unspecified atom stereocenters. The molecule has 1 aliphatic rings. The number of hydrogen-bond donors (Lipinski definition) is 3. The lowest BCUT2D eigenvalue weighted by Crippen LogP contribution is -2.38. The minimum atomic E-state index is -0.451. The maximum Gasteiger partial charge on any atom is 0.248 e. The van der Waals surface area contributed by atoms with Crippen LogP contribution in [0.1, 0.15) is 28.8 Å². The predicted octanol–water partition coefficient (Wildman–Crippen LogP) is 3.20. The third-order valence-electron chi connectivity index (χ3n) is 5.91. The Bertz CT molecular complexity index is 1210. The number of H-pyrrole nitrogens is 1. The van der Waals surface area contributed by atoms with E-state index in [1.165, 1.54) is 11.9 Å². The number of likely N-dealkylation sites (tertiary alicyclic amines) is 1. The van der Waals surface area contributed by atoms with E-state index in [0.29, 0.717) is 23.1 Å². The maximum atomic E-state index is 11.3. The molecule has 1 amide bonds. The van der Waals surface area contributed by atoms with E-state index < -0.39 is 5.91 Å². The maximum absolute atomic E-state index is 11.3. The summed E-state index contributed by atoms with van der Waals surface area (Å²) in [5, 5.41) is 3.59. The molecule has 0 aliphatic carbocycles. The van der Waals surface area contributed by atoms with Gasteiger partial charge in [-0.25, -0.2) is 15.0 Å². The first-order chi connectivity index (χ1) is 15.7. The number of hydrogen-bond acceptors (Lipinski definition) is 6. The summed E-state index contributed by atoms with van der Waals surface area (Å²) in [7, 11) is 0. The topological polar surface area (TPSA) is 113 Å². The lowest BCUT2D eigenvalue weighted by Gasteiger charge is -2.32. The SMILES string of the molecule is NC(=O)c1ccc(-c2nc3ncnc(NC4CCN(Cc5ccccc5)CC4)c3[nH]2)cc1. The van der Waals surface area contributed by atoms with E-state index in [-0.39, 0.29) is 0 Å². The van der Waals surface area contributed by atoms with E-state index in [1.54, 1.807) is 12.1 Å². The van der Waals surface area contributed by atoms with Crippen molar-refractivity contribution in [1.82, 2.24) is 24.8 Å². The lowest BCUT2D eigenvalue weighted by molar-refractivity contribution is 0.100. The number of aromatic nitrogens is 4. The highest BCUT2D eigenvalue weighted by Crippen LogP contribution is 2.25. The molecule has 4 N–H and O–H groups in total. The smallest absolute Gasteiger partial charge is 0.248 e. The second kappa shape index (κ2) is 8.76. The predicted molar refractivity (Wildman–Crippen MR) is 124 cm³/mol. The van der Waals surface area contributed by atoms with Crippen LogP contribution in [0.4, 0.5) is 5.82 Å². The van der Waals surface area contributed by atoms with Crippen molar-refractivity contribution in [1.29, 1.82) is 0 Å². The zero-order valence-corrected chi connectivity index (χ0v) is 17.7. The number of nitrogens with zero attached hydrogens (tertiary/aromatic N) is 4. The molecule has 0 bridgehead atoms. The lowest BCUT2D eigenvalue weighted by atomic mass is 10.0. The Hall–Kier alpha value is -3.78. The third-order valence-corrected chi connectivity index (χ3v) is 5.91. The average Bonchev–Trinajstić information content (AvgIpc) is 3.27. The molecular formula is C24H25N7O. The minimum absolute atomic E-state index is 0.349. The highest BCUT2D eigenvalue weighted by atomic mass is 16.1. The number of carbonyl (C=O) groups is 1. The molecule has 5 rings (SSSR count). The van der Waals surface area contributed by atoms with Crippen LogP contribution in [0.2, 0.25) is 0 Å². The largest absolute Gasteiger partial charge is 0.366 e. The number of primary amides is 1. The molecule has 1 aliphatic heterocycles. The van der Waals surface area contributed by atoms with Crippen LogP contribution in [0.15, 0.2) is 60.9 Å². The fourth-order valence-corrected chi connectivity index (χ4v) is 4.14. The van der Waals surface area contributed by atoms with Crippen LogP contribution in [-0.4, -0.2) is 49.9 Å². The second-order valence-electron chi connectivity index (χ2n) is 8.13. The van der Waals surface area contributed by atoms with Gasteiger partial charge in [-0.3, -0.25) is 9.69 Å². The number of piperidine rings is 1. The van der Waals surface area contributed by atoms with Crippen molar-refractivity contribution in [3.8, 4) is 11.4 Å². The summed E-state index contributed by atoms with van der Waals surface area (Å²) in [6.45, 7) is 3.08. The van der Waals surface area contributed by atoms with Gasteiger partial charge in [0, 0.05) is 36.8 Å². The number of imidazole rings is 1. The number of anilines is 1. The molecule has 0 atom stereocenters. The summed E-state index contributed by atoms with van der Waals surface area (Å²) in [5.41, 5.74) is 9.39. The monoisotopic (exact) mass is 427 g/mol. The summed E-state index contributed by atoms with van der Waals surface area (Å²) in [6, 6.07) is 18.0. The zero-order valence-electron chi connectivity index (χ0n) is 17.7. The molecule has 2 aromatic heterocycles. The molecule has 1 saturated heterocycles. The first kappa shape index (κ1) is 20.1. The van der Waals surface area contributed by atoms with E-state index in [0.717, 1.165) is 49.4 Å². The van der Waals surface area contributed by atoms with Gasteiger partial charge < -0.3 is 16.0 Å². The first-order valence-corrected chi connectivity index (χ1v) is 10.8. The number of rotatable bonds is 6. The van der Waals surface area contributed by atoms with Gasteiger partial charge >= 0.3 is 0 Å². The van der Waals surface area contributed by atoms with Gasteiger partial charge in [-0.05, 0) is 30.5 Å². The van der Waals surface area contributed by atoms with Crippen LogP contribution >= 0.6 is 0 Å². The van der Waals surface area contributed by atoms with Gasteiger partial charge in [-0.15, -0.1) is 0 Å². The molecule has 32 heavy (non-hydrogen) atoms. The summed E-state index contributed by atoms with van der Waals surface area (Å²) in [6.07, 6.45) is 3.64. The quantitative estimate of drug-likeness (QED) is 0.436. The molecule has 3 heterocycles. The number of amides is 1. The molecule has 1 fully saturated rings. The summed E-state index contributed by atoms with van der Waals surface area (Å²) in [4.78, 5) is 30.5. The van der Waals surface area contributed by atoms with Gasteiger partial charge in [-0.2, -0.15) is 0 Å². The van der Waals surface area contributed by atoms with Crippen molar-refractivity contribution < 1.29 is 4.79 Å². The van der Waals surface area contributed by atoms with Crippen molar-refractivity contribution in [3.05, 3.63) is 72.1 Å². The number of carbonyl (C=O) groups excluding carboxylic acids is 1. The molecule has 8 heteroatoms. The molecular weight excluding hydrogens is 402 g/mol. The molecule has 8 nitrogen and oxygen atoms in total. The summed E-state index contributed by atoms with van der Waals surface area (Å²) < 4.78 is 0. The molecule has 4 aromatic rings. The Balaban J connectivity index is 1.27. The fourth-order valence-electron chi connectivity index (χ4n) is 4.14. The van der Waals surface area contributed by atoms with Crippen LogP contribution < -0.4 is 11.1 Å². The van der Waals surface area contributed by atoms with Gasteiger partial charge in [0.2, 0.25) is 5.91 Å². The van der Waals surface area contributed by atoms with Crippen LogP contribution in [-0.2, 0) is 6.54 Å². The Morgan fingerprint density at radius 2 is 1.81 bits per heavy atom. The minimum Gasteiger partial charge on any atom is -0.366 e. The number of nitrogens with one attached hydrogen (secondary N) is 2. The van der Waals surface area contributed by atoms with Gasteiger partial charge in [-0.1, -0.05) is 42.5 Å². The third kappa shape index (κ3) is 4.31. The van der Waals surface area contributed by atoms with Crippen LogP contribution in [0.5, 0.6) is 0 Å². The van der Waals surface area contributed by atoms with Gasteiger partial charge in [0.25, 0.3) is 0 Å². The summed E-state index contributed by atoms with van der Waals surface area (Å²) >= 11 is 0. The van der Waals surface area contributed by atoms with E-state index in [9.17, 15) is 4.79 Å². The van der Waals surface area contributed by atoms with Crippen molar-refractivity contribution in [2.45, 2.75) is 25.4 Å². The normalized spacial score (nSPS) is 15.1. The van der Waals surface area contributed by atoms with Crippen LogP contribution in [0.3, 0.4) is 0 Å².